The summed E-state index contributed by atoms with van der Waals surface area (Å²) in [6, 6.07) is 14.6. The van der Waals surface area contributed by atoms with Gasteiger partial charge in [-0.3, -0.25) is 9.69 Å². The molecule has 10 heteroatoms. The lowest BCUT2D eigenvalue weighted by Gasteiger charge is -2.25. The molecular weight excluding hydrogens is 472 g/mol. The maximum absolute atomic E-state index is 12.6. The highest BCUT2D eigenvalue weighted by molar-refractivity contribution is 7.99. The maximum Gasteiger partial charge on any atom is 0.236 e. The minimum absolute atomic E-state index is 0.0736. The first-order valence-corrected chi connectivity index (χ1v) is 13.5. The predicted octanol–water partition coefficient (Wildman–Crippen LogP) is 4.77. The molecule has 0 fully saturated rings. The van der Waals surface area contributed by atoms with Crippen LogP contribution in [0, 0.1) is 0 Å². The van der Waals surface area contributed by atoms with Crippen molar-refractivity contribution in [1.82, 2.24) is 24.6 Å². The molecule has 0 bridgehead atoms. The van der Waals surface area contributed by atoms with Gasteiger partial charge in [0.1, 0.15) is 0 Å². The lowest BCUT2D eigenvalue weighted by Crippen LogP contribution is -2.29. The molecule has 170 valence electrons. The van der Waals surface area contributed by atoms with E-state index in [9.17, 15) is 4.79 Å². The van der Waals surface area contributed by atoms with Gasteiger partial charge in [0.25, 0.3) is 0 Å². The second-order valence-corrected chi connectivity index (χ2v) is 10.7. The molecule has 3 aromatic heterocycles. The first kappa shape index (κ1) is 22.3. The van der Waals surface area contributed by atoms with Crippen molar-refractivity contribution in [2.75, 3.05) is 17.6 Å². The lowest BCUT2D eigenvalue weighted by atomic mass is 10.1. The van der Waals surface area contributed by atoms with Crippen LogP contribution in [0.3, 0.4) is 0 Å². The van der Waals surface area contributed by atoms with Crippen LogP contribution in [0.1, 0.15) is 23.1 Å². The Morgan fingerprint density at radius 1 is 1.18 bits per heavy atom. The summed E-state index contributed by atoms with van der Waals surface area (Å²) >= 11 is 4.62. The number of carbonyl (C=O) groups excluding carboxylic acids is 1. The van der Waals surface area contributed by atoms with Crippen LogP contribution in [0.4, 0.5) is 5.13 Å². The molecule has 1 aromatic carbocycles. The molecule has 1 aliphatic rings. The molecule has 0 aliphatic carbocycles. The molecule has 0 saturated carbocycles. The van der Waals surface area contributed by atoms with E-state index in [0.717, 1.165) is 54.2 Å². The highest BCUT2D eigenvalue weighted by atomic mass is 32.2. The molecule has 1 N–H and O–H groups in total. The number of carbonyl (C=O) groups is 1. The fraction of sp³-hybridized carbons (Fsp3) is 0.304. The van der Waals surface area contributed by atoms with Gasteiger partial charge in [-0.25, -0.2) is 4.98 Å². The van der Waals surface area contributed by atoms with Crippen molar-refractivity contribution in [3.63, 3.8) is 0 Å². The molecule has 1 aliphatic heterocycles. The van der Waals surface area contributed by atoms with Gasteiger partial charge in [0.15, 0.2) is 16.1 Å². The monoisotopic (exact) mass is 496 g/mol. The maximum atomic E-state index is 12.6. The van der Waals surface area contributed by atoms with Crippen LogP contribution in [-0.2, 0) is 30.8 Å². The minimum atomic E-state index is -0.0736. The van der Waals surface area contributed by atoms with Crippen LogP contribution in [0.15, 0.2) is 53.0 Å². The van der Waals surface area contributed by atoms with Gasteiger partial charge in [0.2, 0.25) is 5.91 Å². The van der Waals surface area contributed by atoms with E-state index >= 15 is 0 Å². The number of amides is 1. The van der Waals surface area contributed by atoms with Crippen molar-refractivity contribution in [3.05, 3.63) is 64.0 Å². The van der Waals surface area contributed by atoms with E-state index in [-0.39, 0.29) is 11.7 Å². The molecule has 0 saturated heterocycles. The number of hydrogen-bond acceptors (Lipinski definition) is 8. The van der Waals surface area contributed by atoms with Crippen molar-refractivity contribution in [2.24, 2.45) is 0 Å². The fourth-order valence-electron chi connectivity index (χ4n) is 3.83. The van der Waals surface area contributed by atoms with Crippen molar-refractivity contribution < 1.29 is 4.79 Å². The summed E-state index contributed by atoms with van der Waals surface area (Å²) in [5.74, 6) is 1.05. The van der Waals surface area contributed by atoms with Crippen molar-refractivity contribution in [1.29, 1.82) is 0 Å². The molecular formula is C23H24N6OS3. The van der Waals surface area contributed by atoms with Crippen molar-refractivity contribution in [2.45, 2.75) is 38.1 Å². The van der Waals surface area contributed by atoms with Crippen LogP contribution in [0.2, 0.25) is 0 Å². The summed E-state index contributed by atoms with van der Waals surface area (Å²) in [6.45, 7) is 5.60. The van der Waals surface area contributed by atoms with Crippen LogP contribution in [0.5, 0.6) is 0 Å². The zero-order valence-electron chi connectivity index (χ0n) is 18.2. The highest BCUT2D eigenvalue weighted by Gasteiger charge is 2.22. The van der Waals surface area contributed by atoms with Gasteiger partial charge >= 0.3 is 0 Å². The van der Waals surface area contributed by atoms with Gasteiger partial charge in [-0.1, -0.05) is 48.2 Å². The van der Waals surface area contributed by atoms with Gasteiger partial charge in [0, 0.05) is 37.5 Å². The Labute approximate surface area is 204 Å². The van der Waals surface area contributed by atoms with E-state index < -0.39 is 0 Å². The van der Waals surface area contributed by atoms with E-state index in [1.165, 1.54) is 22.2 Å². The molecule has 0 atom stereocenters. The number of thiazole rings is 1. The number of nitrogens with zero attached hydrogens (tertiary/aromatic N) is 5. The molecule has 0 unspecified atom stereocenters. The first-order chi connectivity index (χ1) is 16.2. The van der Waals surface area contributed by atoms with Gasteiger partial charge in [0.05, 0.1) is 16.3 Å². The summed E-state index contributed by atoms with van der Waals surface area (Å²) in [4.78, 5) is 22.0. The Bertz CT molecular complexity index is 1220. The summed E-state index contributed by atoms with van der Waals surface area (Å²) in [5.41, 5.74) is 2.43. The van der Waals surface area contributed by atoms with E-state index in [0.29, 0.717) is 5.13 Å². The SMILES string of the molecule is CCn1c(SCC(=O)Nc2nc3c(s2)CN(Cc2ccccc2)CC3)nnc1-c1cccs1. The number of thioether (sulfide) groups is 1. The second kappa shape index (κ2) is 10.2. The zero-order chi connectivity index (χ0) is 22.6. The van der Waals surface area contributed by atoms with Crippen LogP contribution >= 0.6 is 34.4 Å². The Balaban J connectivity index is 1.17. The number of nitrogens with one attached hydrogen (secondary N) is 1. The third-order valence-electron chi connectivity index (χ3n) is 5.41. The molecule has 4 aromatic rings. The number of fused-ring (bicyclic) bond motifs is 1. The normalized spacial score (nSPS) is 13.7. The molecule has 0 radical (unpaired) electrons. The number of benzene rings is 1. The summed E-state index contributed by atoms with van der Waals surface area (Å²) in [6.07, 6.45) is 0.911. The molecule has 7 nitrogen and oxygen atoms in total. The molecule has 5 rings (SSSR count). The number of aromatic nitrogens is 4. The molecule has 4 heterocycles. The summed E-state index contributed by atoms with van der Waals surface area (Å²) in [5, 5.41) is 15.1. The third-order valence-corrected chi connectivity index (χ3v) is 8.24. The van der Waals surface area contributed by atoms with E-state index in [2.05, 4.69) is 56.6 Å². The summed E-state index contributed by atoms with van der Waals surface area (Å²) < 4.78 is 2.05. The largest absolute Gasteiger partial charge is 0.302 e. The Morgan fingerprint density at radius 2 is 2.06 bits per heavy atom. The van der Waals surface area contributed by atoms with Gasteiger partial charge < -0.3 is 9.88 Å². The average Bonchev–Trinajstić information content (AvgIpc) is 3.57. The standard InChI is InChI=1S/C23H24N6OS3/c1-2-29-21(18-9-6-12-31-18)26-27-23(29)32-15-20(30)25-22-24-17-10-11-28(14-19(17)33-22)13-16-7-4-3-5-8-16/h3-9,12H,2,10-11,13-15H2,1H3,(H,24,25,30). The van der Waals surface area contributed by atoms with Gasteiger partial charge in [-0.05, 0) is 23.9 Å². The molecule has 33 heavy (non-hydrogen) atoms. The predicted molar refractivity (Wildman–Crippen MR) is 135 cm³/mol. The number of anilines is 1. The molecule has 0 spiro atoms. The topological polar surface area (TPSA) is 75.9 Å². The fourth-order valence-corrected chi connectivity index (χ4v) is 6.42. The van der Waals surface area contributed by atoms with E-state index in [1.807, 2.05) is 28.1 Å². The highest BCUT2D eigenvalue weighted by Crippen LogP contribution is 2.30. The molecule has 1 amide bonds. The Morgan fingerprint density at radius 3 is 2.85 bits per heavy atom. The number of rotatable bonds is 8. The zero-order valence-corrected chi connectivity index (χ0v) is 20.7. The van der Waals surface area contributed by atoms with E-state index in [1.54, 1.807) is 22.7 Å². The van der Waals surface area contributed by atoms with Gasteiger partial charge in [-0.15, -0.1) is 32.9 Å². The minimum Gasteiger partial charge on any atom is -0.302 e. The first-order valence-electron chi connectivity index (χ1n) is 10.8. The summed E-state index contributed by atoms with van der Waals surface area (Å²) in [7, 11) is 0. The Hall–Kier alpha value is -2.53. The second-order valence-electron chi connectivity index (χ2n) is 7.70. The van der Waals surface area contributed by atoms with Crippen LogP contribution in [0.25, 0.3) is 10.7 Å². The van der Waals surface area contributed by atoms with Crippen LogP contribution in [-0.4, -0.2) is 42.9 Å². The average molecular weight is 497 g/mol. The van der Waals surface area contributed by atoms with E-state index in [4.69, 9.17) is 0 Å². The van der Waals surface area contributed by atoms with Crippen molar-refractivity contribution in [3.8, 4) is 10.7 Å². The number of thiophene rings is 1. The number of hydrogen-bond donors (Lipinski definition) is 1. The third kappa shape index (κ3) is 5.19. The lowest BCUT2D eigenvalue weighted by molar-refractivity contribution is -0.113. The quantitative estimate of drug-likeness (QED) is 0.354. The van der Waals surface area contributed by atoms with Crippen LogP contribution < -0.4 is 5.32 Å². The van der Waals surface area contributed by atoms with Crippen molar-refractivity contribution >= 4 is 45.5 Å². The smallest absolute Gasteiger partial charge is 0.236 e. The van der Waals surface area contributed by atoms with Gasteiger partial charge in [-0.2, -0.15) is 0 Å². The Kier molecular flexibility index (Phi) is 6.86.